The van der Waals surface area contributed by atoms with Crippen LogP contribution in [0.3, 0.4) is 0 Å². The third-order valence-electron chi connectivity index (χ3n) is 2.59. The van der Waals surface area contributed by atoms with E-state index < -0.39 is 0 Å². The minimum atomic E-state index is 0.205. The van der Waals surface area contributed by atoms with Crippen molar-refractivity contribution < 1.29 is 0 Å². The minimum absolute atomic E-state index is 0.205. The van der Waals surface area contributed by atoms with Crippen LogP contribution in [0, 0.1) is 0 Å². The van der Waals surface area contributed by atoms with Gasteiger partial charge < -0.3 is 9.47 Å². The van der Waals surface area contributed by atoms with Crippen LogP contribution in [0.25, 0.3) is 0 Å². The maximum atomic E-state index is 2.38. The number of aromatic nitrogens is 1. The molecule has 0 aliphatic rings. The van der Waals surface area contributed by atoms with E-state index >= 15 is 0 Å². The summed E-state index contributed by atoms with van der Waals surface area (Å²) in [5, 5.41) is 0. The molecule has 86 valence electrons. The van der Waals surface area contributed by atoms with E-state index in [2.05, 4.69) is 62.7 Å². The molecule has 0 bridgehead atoms. The van der Waals surface area contributed by atoms with Crippen molar-refractivity contribution in [3.8, 4) is 0 Å². The van der Waals surface area contributed by atoms with Gasteiger partial charge in [0.1, 0.15) is 0 Å². The van der Waals surface area contributed by atoms with Gasteiger partial charge in [-0.3, -0.25) is 0 Å². The normalized spacial score (nSPS) is 12.4. The molecule has 1 heterocycles. The smallest absolute Gasteiger partial charge is 0.0358 e. The summed E-state index contributed by atoms with van der Waals surface area (Å²) in [5.41, 5.74) is 1.65. The molecule has 0 aromatic carbocycles. The third-order valence-corrected chi connectivity index (χ3v) is 2.59. The van der Waals surface area contributed by atoms with E-state index in [1.54, 1.807) is 0 Å². The first-order chi connectivity index (χ1) is 6.91. The summed E-state index contributed by atoms with van der Waals surface area (Å²) in [6, 6.07) is 4.39. The van der Waals surface area contributed by atoms with Gasteiger partial charge in [0.15, 0.2) is 0 Å². The second kappa shape index (κ2) is 4.84. The van der Waals surface area contributed by atoms with E-state index in [0.29, 0.717) is 0 Å². The van der Waals surface area contributed by atoms with Gasteiger partial charge in [0.05, 0.1) is 0 Å². The summed E-state index contributed by atoms with van der Waals surface area (Å²) < 4.78 is 2.38. The van der Waals surface area contributed by atoms with Gasteiger partial charge in [-0.15, -0.1) is 0 Å². The molecular weight excluding hydrogens is 184 g/mol. The SMILES string of the molecule is CN(C)CCCc1cccn1C(C)(C)C. The number of rotatable bonds is 4. The van der Waals surface area contributed by atoms with E-state index in [0.717, 1.165) is 6.54 Å². The third kappa shape index (κ3) is 3.71. The Morgan fingerprint density at radius 3 is 2.47 bits per heavy atom. The summed E-state index contributed by atoms with van der Waals surface area (Å²) in [6.07, 6.45) is 4.58. The van der Waals surface area contributed by atoms with Crippen LogP contribution in [-0.4, -0.2) is 30.1 Å². The summed E-state index contributed by atoms with van der Waals surface area (Å²) in [7, 11) is 4.26. The van der Waals surface area contributed by atoms with Gasteiger partial charge in [-0.2, -0.15) is 0 Å². The molecule has 0 N–H and O–H groups in total. The number of aryl methyl sites for hydroxylation is 1. The van der Waals surface area contributed by atoms with Gasteiger partial charge in [0, 0.05) is 17.4 Å². The Labute approximate surface area is 93.9 Å². The van der Waals surface area contributed by atoms with Crippen molar-refractivity contribution >= 4 is 0 Å². The lowest BCUT2D eigenvalue weighted by Gasteiger charge is -2.24. The quantitative estimate of drug-likeness (QED) is 0.738. The highest BCUT2D eigenvalue weighted by Gasteiger charge is 2.14. The zero-order valence-electron chi connectivity index (χ0n) is 10.7. The van der Waals surface area contributed by atoms with E-state index in [4.69, 9.17) is 0 Å². The van der Waals surface area contributed by atoms with Crippen LogP contribution in [0.15, 0.2) is 18.3 Å². The fourth-order valence-electron chi connectivity index (χ4n) is 1.85. The number of hydrogen-bond acceptors (Lipinski definition) is 1. The van der Waals surface area contributed by atoms with Gasteiger partial charge in [0.2, 0.25) is 0 Å². The van der Waals surface area contributed by atoms with E-state index in [-0.39, 0.29) is 5.54 Å². The van der Waals surface area contributed by atoms with Gasteiger partial charge in [0.25, 0.3) is 0 Å². The monoisotopic (exact) mass is 208 g/mol. The molecular formula is C13H24N2. The molecule has 0 aliphatic heterocycles. The molecule has 1 rings (SSSR count). The first kappa shape index (κ1) is 12.3. The maximum absolute atomic E-state index is 2.38. The molecule has 2 nitrogen and oxygen atoms in total. The molecule has 1 aromatic rings. The zero-order chi connectivity index (χ0) is 11.5. The van der Waals surface area contributed by atoms with Gasteiger partial charge in [-0.1, -0.05) is 0 Å². The fourth-order valence-corrected chi connectivity index (χ4v) is 1.85. The van der Waals surface area contributed by atoms with Crippen molar-refractivity contribution in [3.05, 3.63) is 24.0 Å². The van der Waals surface area contributed by atoms with Gasteiger partial charge in [-0.25, -0.2) is 0 Å². The lowest BCUT2D eigenvalue weighted by molar-refractivity contribution is 0.371. The van der Waals surface area contributed by atoms with E-state index in [1.807, 2.05) is 0 Å². The molecule has 15 heavy (non-hydrogen) atoms. The molecule has 0 saturated carbocycles. The predicted molar refractivity (Wildman–Crippen MR) is 66.3 cm³/mol. The van der Waals surface area contributed by atoms with E-state index in [1.165, 1.54) is 18.5 Å². The number of nitrogens with zero attached hydrogens (tertiary/aromatic N) is 2. The number of hydrogen-bond donors (Lipinski definition) is 0. The van der Waals surface area contributed by atoms with Crippen LogP contribution < -0.4 is 0 Å². The van der Waals surface area contributed by atoms with Crippen molar-refractivity contribution in [2.75, 3.05) is 20.6 Å². The summed E-state index contributed by atoms with van der Waals surface area (Å²) >= 11 is 0. The van der Waals surface area contributed by atoms with Crippen LogP contribution >= 0.6 is 0 Å². The lowest BCUT2D eigenvalue weighted by atomic mass is 10.1. The van der Waals surface area contributed by atoms with Crippen molar-refractivity contribution in [2.45, 2.75) is 39.2 Å². The molecule has 0 spiro atoms. The standard InChI is InChI=1S/C13H24N2/c1-13(2,3)15-11-7-9-12(15)8-6-10-14(4)5/h7,9,11H,6,8,10H2,1-5H3. The van der Waals surface area contributed by atoms with Crippen LogP contribution in [0.4, 0.5) is 0 Å². The maximum Gasteiger partial charge on any atom is 0.0358 e. The van der Waals surface area contributed by atoms with Crippen LogP contribution in [0.1, 0.15) is 32.9 Å². The van der Waals surface area contributed by atoms with Crippen LogP contribution in [0.5, 0.6) is 0 Å². The summed E-state index contributed by atoms with van der Waals surface area (Å²) in [5.74, 6) is 0. The fraction of sp³-hybridized carbons (Fsp3) is 0.692. The Bertz CT molecular complexity index is 292. The second-order valence-corrected chi connectivity index (χ2v) is 5.45. The molecule has 1 aromatic heterocycles. The van der Waals surface area contributed by atoms with Crippen molar-refractivity contribution in [1.82, 2.24) is 9.47 Å². The van der Waals surface area contributed by atoms with Gasteiger partial charge >= 0.3 is 0 Å². The Morgan fingerprint density at radius 1 is 1.27 bits per heavy atom. The van der Waals surface area contributed by atoms with Crippen molar-refractivity contribution in [3.63, 3.8) is 0 Å². The van der Waals surface area contributed by atoms with Crippen molar-refractivity contribution in [2.24, 2.45) is 0 Å². The topological polar surface area (TPSA) is 8.17 Å². The Hall–Kier alpha value is -0.760. The summed E-state index contributed by atoms with van der Waals surface area (Å²) in [4.78, 5) is 2.24. The molecule has 0 fully saturated rings. The van der Waals surface area contributed by atoms with E-state index in [9.17, 15) is 0 Å². The van der Waals surface area contributed by atoms with Crippen LogP contribution in [0.2, 0.25) is 0 Å². The molecule has 0 radical (unpaired) electrons. The Balaban J connectivity index is 2.58. The van der Waals surface area contributed by atoms with Crippen molar-refractivity contribution in [1.29, 1.82) is 0 Å². The van der Waals surface area contributed by atoms with Gasteiger partial charge in [-0.05, 0) is 66.4 Å². The first-order valence-corrected chi connectivity index (χ1v) is 5.72. The molecule has 0 atom stereocenters. The highest BCUT2D eigenvalue weighted by molar-refractivity contribution is 5.10. The average molecular weight is 208 g/mol. The molecule has 0 aliphatic carbocycles. The first-order valence-electron chi connectivity index (χ1n) is 5.72. The Morgan fingerprint density at radius 2 is 1.93 bits per heavy atom. The second-order valence-electron chi connectivity index (χ2n) is 5.45. The molecule has 0 saturated heterocycles. The lowest BCUT2D eigenvalue weighted by Crippen LogP contribution is -2.23. The Kier molecular flexibility index (Phi) is 3.97. The molecule has 0 amide bonds. The highest BCUT2D eigenvalue weighted by Crippen LogP contribution is 2.18. The largest absolute Gasteiger partial charge is 0.346 e. The predicted octanol–water partition coefficient (Wildman–Crippen LogP) is 2.74. The highest BCUT2D eigenvalue weighted by atomic mass is 15.1. The minimum Gasteiger partial charge on any atom is -0.346 e. The molecule has 2 heteroatoms. The average Bonchev–Trinajstić information content (AvgIpc) is 2.50. The molecule has 0 unspecified atom stereocenters. The summed E-state index contributed by atoms with van der Waals surface area (Å²) in [6.45, 7) is 7.92. The zero-order valence-corrected chi connectivity index (χ0v) is 10.7. The van der Waals surface area contributed by atoms with Crippen LogP contribution in [-0.2, 0) is 12.0 Å².